The summed E-state index contributed by atoms with van der Waals surface area (Å²) in [7, 11) is 6.11. The minimum Gasteiger partial charge on any atom is -0.443 e. The number of nitrogens with one attached hydrogen (secondary N) is 1. The highest BCUT2D eigenvalue weighted by Crippen LogP contribution is 2.29. The number of aromatic nitrogens is 4. The van der Waals surface area contributed by atoms with Crippen molar-refractivity contribution in [1.82, 2.24) is 29.1 Å². The Morgan fingerprint density at radius 1 is 1.04 bits per heavy atom. The Hall–Kier alpha value is -5.08. The molecule has 0 bridgehead atoms. The van der Waals surface area contributed by atoms with Gasteiger partial charge in [0.2, 0.25) is 5.91 Å². The minimum atomic E-state index is -1.30. The molecule has 0 spiro atoms. The molecule has 14 nitrogen and oxygen atoms in total. The number of benzene rings is 1. The lowest BCUT2D eigenvalue weighted by Gasteiger charge is -2.21. The van der Waals surface area contributed by atoms with Gasteiger partial charge in [-0.1, -0.05) is 26.8 Å². The Morgan fingerprint density at radius 3 is 2.31 bits per heavy atom. The molecular weight excluding hydrogens is 637 g/mol. The molecule has 49 heavy (non-hydrogen) atoms. The van der Waals surface area contributed by atoms with Crippen LogP contribution in [0, 0.1) is 11.2 Å². The molecule has 0 aliphatic heterocycles. The zero-order valence-corrected chi connectivity index (χ0v) is 29.8. The summed E-state index contributed by atoms with van der Waals surface area (Å²) < 4.78 is 28.0. The second-order valence-corrected chi connectivity index (χ2v) is 14.2. The van der Waals surface area contributed by atoms with Gasteiger partial charge in [0.1, 0.15) is 29.5 Å². The van der Waals surface area contributed by atoms with E-state index in [-0.39, 0.29) is 47.7 Å². The summed E-state index contributed by atoms with van der Waals surface area (Å²) in [5.74, 6) is -1.53. The quantitative estimate of drug-likeness (QED) is 0.302. The Balaban J connectivity index is 2.00. The highest BCUT2D eigenvalue weighted by molar-refractivity contribution is 5.95. The van der Waals surface area contributed by atoms with Gasteiger partial charge in [0.15, 0.2) is 6.10 Å². The molecule has 0 fully saturated rings. The first-order valence-corrected chi connectivity index (χ1v) is 15.7. The van der Waals surface area contributed by atoms with Crippen molar-refractivity contribution < 1.29 is 33.0 Å². The number of hydrogen-bond donors (Lipinski definition) is 1. The Kier molecular flexibility index (Phi) is 12.1. The number of hydrogen-bond acceptors (Lipinski definition) is 9. The fourth-order valence-corrected chi connectivity index (χ4v) is 4.64. The topological polar surface area (TPSA) is 158 Å². The Bertz CT molecular complexity index is 1800. The average Bonchev–Trinajstić information content (AvgIpc) is 3.32. The van der Waals surface area contributed by atoms with Crippen LogP contribution in [0.5, 0.6) is 0 Å². The Labute approximate surface area is 284 Å². The third-order valence-corrected chi connectivity index (χ3v) is 6.83. The lowest BCUT2D eigenvalue weighted by molar-refractivity contribution is -0.125. The summed E-state index contributed by atoms with van der Waals surface area (Å²) in [5.41, 5.74) is -0.922. The van der Waals surface area contributed by atoms with Crippen molar-refractivity contribution in [3.8, 4) is 0 Å². The van der Waals surface area contributed by atoms with Crippen molar-refractivity contribution in [2.45, 2.75) is 79.1 Å². The third kappa shape index (κ3) is 10.7. The summed E-state index contributed by atoms with van der Waals surface area (Å²) in [6, 6.07) is 3.85. The molecule has 2 aromatic heterocycles. The first-order chi connectivity index (χ1) is 22.7. The zero-order valence-electron chi connectivity index (χ0n) is 29.8. The van der Waals surface area contributed by atoms with Gasteiger partial charge in [0, 0.05) is 40.5 Å². The fourth-order valence-electron chi connectivity index (χ4n) is 4.64. The van der Waals surface area contributed by atoms with E-state index in [1.54, 1.807) is 40.9 Å². The number of halogens is 1. The van der Waals surface area contributed by atoms with Crippen LogP contribution in [-0.2, 0) is 32.0 Å². The van der Waals surface area contributed by atoms with Gasteiger partial charge >= 0.3 is 12.2 Å². The first-order valence-electron chi connectivity index (χ1n) is 15.7. The normalized spacial score (nSPS) is 12.6. The van der Waals surface area contributed by atoms with Crippen molar-refractivity contribution in [3.63, 3.8) is 0 Å². The first kappa shape index (κ1) is 38.4. The van der Waals surface area contributed by atoms with Crippen LogP contribution in [0.15, 0.2) is 41.3 Å². The average molecular weight is 684 g/mol. The molecule has 266 valence electrons. The highest BCUT2D eigenvalue weighted by atomic mass is 19.1. The summed E-state index contributed by atoms with van der Waals surface area (Å²) in [4.78, 5) is 71.8. The van der Waals surface area contributed by atoms with Crippen LogP contribution in [0.3, 0.4) is 0 Å². The number of amides is 3. The molecule has 0 saturated carbocycles. The molecular formula is C34H46FN7O7. The maximum Gasteiger partial charge on any atom is 0.420 e. The zero-order chi connectivity index (χ0) is 36.8. The molecule has 0 unspecified atom stereocenters. The molecule has 15 heteroatoms. The standard InChI is InChI=1S/C34H46FN7O7/c1-33(2,3)19-21-17-22(35)18-24-28(21)38-26(42(24)32(47)49-34(4,5)6)20-41-30(45)23(15-16-36-41)37-29(44)25(48-31(46)40(9)10)13-11-12-14-27(43)39(7)8/h12,14-18,25H,11,13,19-20H2,1-10H3,(H,37,44)/b14-12+/t25-/m0/s1. The number of fused-ring (bicyclic) bond motifs is 1. The molecule has 3 amide bonds. The predicted octanol–water partition coefficient (Wildman–Crippen LogP) is 4.58. The smallest absolute Gasteiger partial charge is 0.420 e. The van der Waals surface area contributed by atoms with Gasteiger partial charge in [-0.3, -0.25) is 14.4 Å². The van der Waals surface area contributed by atoms with E-state index in [4.69, 9.17) is 9.47 Å². The number of ether oxygens (including phenoxy) is 2. The fraction of sp³-hybridized carbons (Fsp3) is 0.500. The number of carbonyl (C=O) groups excluding carboxylic acids is 4. The van der Waals surface area contributed by atoms with E-state index >= 15 is 0 Å². The van der Waals surface area contributed by atoms with E-state index in [1.807, 2.05) is 20.8 Å². The maximum atomic E-state index is 14.9. The van der Waals surface area contributed by atoms with E-state index in [1.165, 1.54) is 49.5 Å². The molecule has 0 saturated heterocycles. The van der Waals surface area contributed by atoms with Crippen molar-refractivity contribution in [2.24, 2.45) is 5.41 Å². The van der Waals surface area contributed by atoms with Crippen LogP contribution in [-0.4, -0.2) is 93.0 Å². The van der Waals surface area contributed by atoms with E-state index in [9.17, 15) is 28.4 Å². The largest absolute Gasteiger partial charge is 0.443 e. The van der Waals surface area contributed by atoms with Crippen LogP contribution in [0.25, 0.3) is 11.0 Å². The number of allylic oxidation sites excluding steroid dienone is 1. The lowest BCUT2D eigenvalue weighted by atomic mass is 9.87. The number of nitrogens with zero attached hydrogens (tertiary/aromatic N) is 6. The van der Waals surface area contributed by atoms with Gasteiger partial charge in [-0.15, -0.1) is 0 Å². The molecule has 0 aliphatic rings. The van der Waals surface area contributed by atoms with E-state index < -0.39 is 41.2 Å². The van der Waals surface area contributed by atoms with Crippen molar-refractivity contribution in [1.29, 1.82) is 0 Å². The third-order valence-electron chi connectivity index (χ3n) is 6.83. The van der Waals surface area contributed by atoms with Gasteiger partial charge in [-0.05, 0) is 69.2 Å². The van der Waals surface area contributed by atoms with Crippen LogP contribution < -0.4 is 10.9 Å². The summed E-state index contributed by atoms with van der Waals surface area (Å²) in [6.07, 6.45) is 1.97. The lowest BCUT2D eigenvalue weighted by Crippen LogP contribution is -2.38. The van der Waals surface area contributed by atoms with E-state index in [2.05, 4.69) is 15.4 Å². The monoisotopic (exact) mass is 683 g/mol. The number of rotatable bonds is 10. The Morgan fingerprint density at radius 2 is 1.71 bits per heavy atom. The maximum absolute atomic E-state index is 14.9. The molecule has 1 aromatic carbocycles. The van der Waals surface area contributed by atoms with Crippen LogP contribution in [0.1, 0.15) is 65.8 Å². The van der Waals surface area contributed by atoms with Gasteiger partial charge in [-0.2, -0.15) is 5.10 Å². The number of carbonyl (C=O) groups is 4. The SMILES string of the molecule is CN(C)C(=O)/C=C/CC[C@H](OC(=O)N(C)C)C(=O)Nc1ccnn(Cc2nc3c(CC(C)(C)C)cc(F)cc3n2C(=O)OC(C)(C)C)c1=O. The van der Waals surface area contributed by atoms with Crippen LogP contribution in [0.2, 0.25) is 0 Å². The van der Waals surface area contributed by atoms with E-state index in [0.29, 0.717) is 17.5 Å². The van der Waals surface area contributed by atoms with Crippen molar-refractivity contribution in [3.05, 3.63) is 64.1 Å². The number of anilines is 1. The highest BCUT2D eigenvalue weighted by Gasteiger charge is 2.28. The number of imidazole rings is 1. The molecule has 3 rings (SSSR count). The molecule has 0 aliphatic carbocycles. The molecule has 1 atom stereocenters. The summed E-state index contributed by atoms with van der Waals surface area (Å²) >= 11 is 0. The minimum absolute atomic E-state index is 0.0231. The number of likely N-dealkylation sites (N-methyl/N-ethyl adjacent to an activating group) is 1. The van der Waals surface area contributed by atoms with Crippen LogP contribution in [0.4, 0.5) is 19.7 Å². The van der Waals surface area contributed by atoms with E-state index in [0.717, 1.165) is 14.1 Å². The van der Waals surface area contributed by atoms with Gasteiger partial charge in [-0.25, -0.2) is 28.2 Å². The van der Waals surface area contributed by atoms with Gasteiger partial charge in [0.25, 0.3) is 11.5 Å². The van der Waals surface area contributed by atoms with Gasteiger partial charge in [0.05, 0.1) is 11.0 Å². The van der Waals surface area contributed by atoms with Crippen molar-refractivity contribution in [2.75, 3.05) is 33.5 Å². The summed E-state index contributed by atoms with van der Waals surface area (Å²) in [6.45, 7) is 10.7. The van der Waals surface area contributed by atoms with Crippen molar-refractivity contribution >= 4 is 40.7 Å². The second-order valence-electron chi connectivity index (χ2n) is 14.2. The van der Waals surface area contributed by atoms with Gasteiger partial charge < -0.3 is 24.6 Å². The second kappa shape index (κ2) is 15.4. The molecule has 3 aromatic rings. The predicted molar refractivity (Wildman–Crippen MR) is 182 cm³/mol. The molecule has 1 N–H and O–H groups in total. The summed E-state index contributed by atoms with van der Waals surface area (Å²) in [5, 5.41) is 6.64. The van der Waals surface area contributed by atoms with Crippen LogP contribution >= 0.6 is 0 Å². The molecule has 2 heterocycles. The molecule has 0 radical (unpaired) electrons.